The van der Waals surface area contributed by atoms with Crippen LogP contribution in [0.5, 0.6) is 0 Å². The van der Waals surface area contributed by atoms with Crippen molar-refractivity contribution < 1.29 is 9.59 Å². The summed E-state index contributed by atoms with van der Waals surface area (Å²) in [6, 6.07) is -0.263. The van der Waals surface area contributed by atoms with Gasteiger partial charge >= 0.3 is 6.03 Å². The number of rotatable bonds is 8. The number of nitrogens with one attached hydrogen (secondary N) is 3. The summed E-state index contributed by atoms with van der Waals surface area (Å²) in [5, 5.41) is 8.19. The lowest BCUT2D eigenvalue weighted by Crippen LogP contribution is -2.43. The van der Waals surface area contributed by atoms with Crippen LogP contribution >= 0.6 is 0 Å². The van der Waals surface area contributed by atoms with Gasteiger partial charge in [-0.05, 0) is 25.2 Å². The highest BCUT2D eigenvalue weighted by Gasteiger charge is 2.15. The van der Waals surface area contributed by atoms with E-state index in [0.717, 1.165) is 13.0 Å². The minimum Gasteiger partial charge on any atom is -0.355 e. The number of nitrogens with zero attached hydrogens (tertiary/aromatic N) is 2. The van der Waals surface area contributed by atoms with Gasteiger partial charge in [-0.1, -0.05) is 12.8 Å². The highest BCUT2D eigenvalue weighted by Crippen LogP contribution is 2.23. The largest absolute Gasteiger partial charge is 0.355 e. The molecule has 7 nitrogen and oxygen atoms in total. The predicted octanol–water partition coefficient (Wildman–Crippen LogP) is 0.879. The van der Waals surface area contributed by atoms with E-state index in [2.05, 4.69) is 20.9 Å². The first kappa shape index (κ1) is 16.3. The molecule has 0 radical (unpaired) electrons. The maximum atomic E-state index is 11.6. The molecule has 7 heteroatoms. The number of carbonyl (C=O) groups is 2. The van der Waals surface area contributed by atoms with Gasteiger partial charge in [-0.15, -0.1) is 0 Å². The minimum atomic E-state index is -0.263. The number of urea groups is 1. The highest BCUT2D eigenvalue weighted by molar-refractivity contribution is 5.83. The van der Waals surface area contributed by atoms with Gasteiger partial charge < -0.3 is 20.5 Å². The average Bonchev–Trinajstić information content (AvgIpc) is 3.20. The Morgan fingerprint density at radius 3 is 2.73 bits per heavy atom. The van der Waals surface area contributed by atoms with Gasteiger partial charge in [0.15, 0.2) is 0 Å². The summed E-state index contributed by atoms with van der Waals surface area (Å²) in [5.41, 5.74) is 0. The molecule has 0 aromatic carbocycles. The summed E-state index contributed by atoms with van der Waals surface area (Å²) in [6.07, 6.45) is 11.1. The van der Waals surface area contributed by atoms with Crippen LogP contribution in [0.1, 0.15) is 32.1 Å². The molecule has 0 unspecified atom stereocenters. The van der Waals surface area contributed by atoms with Gasteiger partial charge in [0.05, 0.1) is 12.9 Å². The molecule has 1 aliphatic carbocycles. The molecule has 122 valence electrons. The van der Waals surface area contributed by atoms with Crippen LogP contribution in [0, 0.1) is 5.92 Å². The highest BCUT2D eigenvalue weighted by atomic mass is 16.2. The number of aryl methyl sites for hydroxylation is 1. The molecule has 3 N–H and O–H groups in total. The van der Waals surface area contributed by atoms with E-state index in [0.29, 0.717) is 19.0 Å². The zero-order valence-electron chi connectivity index (χ0n) is 12.9. The van der Waals surface area contributed by atoms with Crippen molar-refractivity contribution in [1.82, 2.24) is 25.5 Å². The second-order valence-corrected chi connectivity index (χ2v) is 5.72. The van der Waals surface area contributed by atoms with Gasteiger partial charge in [0.2, 0.25) is 5.91 Å². The molecule has 1 aromatic heterocycles. The fraction of sp³-hybridized carbons (Fsp3) is 0.667. The van der Waals surface area contributed by atoms with Crippen molar-refractivity contribution in [1.29, 1.82) is 0 Å². The molecule has 1 saturated carbocycles. The third-order valence-electron chi connectivity index (χ3n) is 3.91. The third-order valence-corrected chi connectivity index (χ3v) is 3.91. The summed E-state index contributed by atoms with van der Waals surface area (Å²) in [7, 11) is 0. The fourth-order valence-corrected chi connectivity index (χ4v) is 2.65. The van der Waals surface area contributed by atoms with Crippen LogP contribution in [0.15, 0.2) is 18.7 Å². The Morgan fingerprint density at radius 2 is 2.00 bits per heavy atom. The van der Waals surface area contributed by atoms with Crippen LogP contribution in [-0.2, 0) is 11.3 Å². The van der Waals surface area contributed by atoms with E-state index in [1.807, 2.05) is 10.8 Å². The first-order chi connectivity index (χ1) is 10.7. The van der Waals surface area contributed by atoms with Crippen molar-refractivity contribution in [2.75, 3.05) is 19.6 Å². The molecular weight excluding hydrogens is 282 g/mol. The molecule has 0 atom stereocenters. The average molecular weight is 307 g/mol. The smallest absolute Gasteiger partial charge is 0.315 e. The predicted molar refractivity (Wildman–Crippen MR) is 83.2 cm³/mol. The second-order valence-electron chi connectivity index (χ2n) is 5.72. The Kier molecular flexibility index (Phi) is 6.73. The molecule has 3 amide bonds. The van der Waals surface area contributed by atoms with Gasteiger partial charge in [-0.2, -0.15) is 0 Å². The number of hydrogen-bond donors (Lipinski definition) is 3. The standard InChI is InChI=1S/C15H25N5O2/c21-14(17-6-3-8-20-9-7-16-12-20)11-19-15(22)18-10-13-4-1-2-5-13/h7,9,12-13H,1-6,8,10-11H2,(H,17,21)(H2,18,19,22). The molecule has 0 aliphatic heterocycles. The van der Waals surface area contributed by atoms with Gasteiger partial charge in [-0.3, -0.25) is 4.79 Å². The third kappa shape index (κ3) is 6.15. The molecule has 1 heterocycles. The number of aromatic nitrogens is 2. The lowest BCUT2D eigenvalue weighted by molar-refractivity contribution is -0.120. The van der Waals surface area contributed by atoms with Crippen molar-refractivity contribution in [2.24, 2.45) is 5.92 Å². The number of imidazole rings is 1. The molecule has 1 fully saturated rings. The summed E-state index contributed by atoms with van der Waals surface area (Å²) in [4.78, 5) is 27.1. The van der Waals surface area contributed by atoms with Crippen molar-refractivity contribution in [2.45, 2.75) is 38.6 Å². The number of carbonyl (C=O) groups excluding carboxylic acids is 2. The van der Waals surface area contributed by atoms with E-state index in [9.17, 15) is 9.59 Å². The Morgan fingerprint density at radius 1 is 1.18 bits per heavy atom. The zero-order valence-corrected chi connectivity index (χ0v) is 12.9. The second kappa shape index (κ2) is 9.07. The Hall–Kier alpha value is -2.05. The molecule has 1 aliphatic rings. The van der Waals surface area contributed by atoms with Crippen LogP contribution in [0.4, 0.5) is 4.79 Å². The fourth-order valence-electron chi connectivity index (χ4n) is 2.65. The molecule has 0 bridgehead atoms. The quantitative estimate of drug-likeness (QED) is 0.623. The van der Waals surface area contributed by atoms with Crippen LogP contribution in [0.25, 0.3) is 0 Å². The number of amides is 3. The lowest BCUT2D eigenvalue weighted by Gasteiger charge is -2.11. The first-order valence-electron chi connectivity index (χ1n) is 7.98. The summed E-state index contributed by atoms with van der Waals surface area (Å²) >= 11 is 0. The van der Waals surface area contributed by atoms with E-state index in [1.54, 1.807) is 12.5 Å². The molecule has 0 saturated heterocycles. The van der Waals surface area contributed by atoms with Gasteiger partial charge in [0, 0.05) is 32.0 Å². The summed E-state index contributed by atoms with van der Waals surface area (Å²) in [6.45, 7) is 2.12. The SMILES string of the molecule is O=C(CNC(=O)NCC1CCCC1)NCCCn1ccnc1. The molecular formula is C15H25N5O2. The minimum absolute atomic E-state index is 0.0155. The van der Waals surface area contributed by atoms with Gasteiger partial charge in [0.1, 0.15) is 0 Å². The summed E-state index contributed by atoms with van der Waals surface area (Å²) in [5.74, 6) is 0.435. The van der Waals surface area contributed by atoms with E-state index >= 15 is 0 Å². The zero-order chi connectivity index (χ0) is 15.6. The number of hydrogen-bond acceptors (Lipinski definition) is 3. The van der Waals surface area contributed by atoms with Gasteiger partial charge in [0.25, 0.3) is 0 Å². The van der Waals surface area contributed by atoms with E-state index < -0.39 is 0 Å². The van der Waals surface area contributed by atoms with Crippen molar-refractivity contribution >= 4 is 11.9 Å². The monoisotopic (exact) mass is 307 g/mol. The normalized spacial score (nSPS) is 14.7. The maximum Gasteiger partial charge on any atom is 0.315 e. The molecule has 0 spiro atoms. The molecule has 1 aromatic rings. The topological polar surface area (TPSA) is 88.0 Å². The van der Waals surface area contributed by atoms with Crippen LogP contribution in [0.3, 0.4) is 0 Å². The van der Waals surface area contributed by atoms with Crippen molar-refractivity contribution in [3.8, 4) is 0 Å². The Labute approximate surface area is 130 Å². The lowest BCUT2D eigenvalue weighted by atomic mass is 10.1. The molecule has 2 rings (SSSR count). The van der Waals surface area contributed by atoms with E-state index in [1.165, 1.54) is 25.7 Å². The van der Waals surface area contributed by atoms with Crippen LogP contribution in [-0.4, -0.2) is 41.1 Å². The first-order valence-corrected chi connectivity index (χ1v) is 7.98. The van der Waals surface area contributed by atoms with E-state index in [-0.39, 0.29) is 18.5 Å². The van der Waals surface area contributed by atoms with Crippen LogP contribution in [0.2, 0.25) is 0 Å². The van der Waals surface area contributed by atoms with Crippen molar-refractivity contribution in [3.63, 3.8) is 0 Å². The maximum absolute atomic E-state index is 11.6. The molecule has 22 heavy (non-hydrogen) atoms. The van der Waals surface area contributed by atoms with E-state index in [4.69, 9.17) is 0 Å². The van der Waals surface area contributed by atoms with Gasteiger partial charge in [-0.25, -0.2) is 9.78 Å². The van der Waals surface area contributed by atoms with Crippen molar-refractivity contribution in [3.05, 3.63) is 18.7 Å². The Bertz CT molecular complexity index is 455. The summed E-state index contributed by atoms with van der Waals surface area (Å²) < 4.78 is 1.96. The Balaban J connectivity index is 1.46. The van der Waals surface area contributed by atoms with Crippen LogP contribution < -0.4 is 16.0 Å².